The van der Waals surface area contributed by atoms with Gasteiger partial charge in [-0.05, 0) is 0 Å². The molecule has 1 rings (SSSR count). The topological polar surface area (TPSA) is 15.6 Å². The zero-order valence-corrected chi connectivity index (χ0v) is 4.47. The van der Waals surface area contributed by atoms with E-state index < -0.39 is 0 Å². The van der Waals surface area contributed by atoms with Crippen LogP contribution >= 0.6 is 0 Å². The van der Waals surface area contributed by atoms with Crippen LogP contribution in [0.15, 0.2) is 5.10 Å². The van der Waals surface area contributed by atoms with Crippen molar-refractivity contribution in [3.05, 3.63) is 6.54 Å². The van der Waals surface area contributed by atoms with Gasteiger partial charge in [0.15, 0.2) is 0 Å². The van der Waals surface area contributed by atoms with Crippen molar-refractivity contribution in [3.63, 3.8) is 0 Å². The minimum atomic E-state index is -0.346. The van der Waals surface area contributed by atoms with Gasteiger partial charge in [-0.15, -0.1) is 0 Å². The first-order valence-corrected chi connectivity index (χ1v) is 2.53. The van der Waals surface area contributed by atoms with Crippen molar-refractivity contribution in [2.24, 2.45) is 5.10 Å². The molecule has 0 atom stereocenters. The molecular formula is C5H7FN2. The largest absolute Gasteiger partial charge is 0.288 e. The van der Waals surface area contributed by atoms with Gasteiger partial charge in [-0.3, -0.25) is 5.01 Å². The first-order valence-electron chi connectivity index (χ1n) is 2.53. The zero-order chi connectivity index (χ0) is 5.82. The molecule has 0 fully saturated rings. The zero-order valence-electron chi connectivity index (χ0n) is 4.47. The lowest BCUT2D eigenvalue weighted by atomic mass is 10.5. The van der Waals surface area contributed by atoms with Gasteiger partial charge in [0.05, 0.1) is 19.3 Å². The smallest absolute Gasteiger partial charge is 0.109 e. The van der Waals surface area contributed by atoms with Crippen molar-refractivity contribution >= 4 is 6.21 Å². The molecule has 0 aliphatic carbocycles. The Hall–Kier alpha value is -0.600. The summed E-state index contributed by atoms with van der Waals surface area (Å²) in [6, 6.07) is 0. The van der Waals surface area contributed by atoms with Gasteiger partial charge in [-0.2, -0.15) is 5.10 Å². The molecule has 0 amide bonds. The lowest BCUT2D eigenvalue weighted by Crippen LogP contribution is -2.12. The van der Waals surface area contributed by atoms with E-state index in [1.807, 2.05) is 0 Å². The minimum Gasteiger partial charge on any atom is -0.288 e. The van der Waals surface area contributed by atoms with Crippen LogP contribution in [-0.4, -0.2) is 24.4 Å². The van der Waals surface area contributed by atoms with E-state index in [-0.39, 0.29) is 6.67 Å². The average Bonchev–Trinajstić information content (AvgIpc) is 2.19. The van der Waals surface area contributed by atoms with E-state index in [9.17, 15) is 4.39 Å². The van der Waals surface area contributed by atoms with Crippen molar-refractivity contribution in [2.45, 2.75) is 6.42 Å². The molecule has 1 heterocycles. The Kier molecular flexibility index (Phi) is 1.83. The summed E-state index contributed by atoms with van der Waals surface area (Å²) >= 11 is 0. The molecule has 0 unspecified atom stereocenters. The van der Waals surface area contributed by atoms with Crippen LogP contribution in [-0.2, 0) is 0 Å². The molecule has 44 valence electrons. The van der Waals surface area contributed by atoms with Crippen molar-refractivity contribution < 1.29 is 4.39 Å². The second-order valence-electron chi connectivity index (χ2n) is 1.50. The summed E-state index contributed by atoms with van der Waals surface area (Å²) in [5.74, 6) is 0. The number of hydrogen-bond acceptors (Lipinski definition) is 2. The number of nitrogens with zero attached hydrogens (tertiary/aromatic N) is 2. The third-order valence-corrected chi connectivity index (χ3v) is 0.906. The van der Waals surface area contributed by atoms with Crippen LogP contribution in [0.3, 0.4) is 0 Å². The fourth-order valence-electron chi connectivity index (χ4n) is 0.547. The molecule has 2 radical (unpaired) electrons. The average molecular weight is 114 g/mol. The fourth-order valence-corrected chi connectivity index (χ4v) is 0.547. The van der Waals surface area contributed by atoms with Gasteiger partial charge in [-0.1, -0.05) is 0 Å². The lowest BCUT2D eigenvalue weighted by molar-refractivity contribution is 0.320. The maximum Gasteiger partial charge on any atom is 0.109 e. The Balaban J connectivity index is 2.16. The van der Waals surface area contributed by atoms with Gasteiger partial charge < -0.3 is 0 Å². The maximum absolute atomic E-state index is 11.5. The molecule has 0 aromatic carbocycles. The molecule has 0 saturated carbocycles. The predicted octanol–water partition coefficient (Wildman–Crippen LogP) is 0.686. The quantitative estimate of drug-likeness (QED) is 0.515. The Morgan fingerprint density at radius 3 is 3.25 bits per heavy atom. The van der Waals surface area contributed by atoms with Crippen LogP contribution in [0, 0.1) is 6.54 Å². The van der Waals surface area contributed by atoms with Crippen molar-refractivity contribution in [1.82, 2.24) is 5.01 Å². The molecule has 2 nitrogen and oxygen atoms in total. The molecule has 8 heavy (non-hydrogen) atoms. The second kappa shape index (κ2) is 2.64. The Bertz CT molecular complexity index is 92.4. The summed E-state index contributed by atoms with van der Waals surface area (Å²) < 4.78 is 11.5. The van der Waals surface area contributed by atoms with E-state index in [4.69, 9.17) is 0 Å². The summed E-state index contributed by atoms with van der Waals surface area (Å²) in [4.78, 5) is 0. The summed E-state index contributed by atoms with van der Waals surface area (Å²) in [5, 5.41) is 5.27. The van der Waals surface area contributed by atoms with E-state index in [0.717, 1.165) is 6.42 Å². The van der Waals surface area contributed by atoms with Gasteiger partial charge in [0, 0.05) is 6.42 Å². The number of hydrazone groups is 1. The molecule has 0 N–H and O–H groups in total. The number of alkyl halides is 1. The van der Waals surface area contributed by atoms with Crippen LogP contribution in [0.5, 0.6) is 0 Å². The fraction of sp³-hybridized carbons (Fsp3) is 0.600. The highest BCUT2D eigenvalue weighted by Gasteiger charge is 2.04. The first-order chi connectivity index (χ1) is 3.93. The van der Waals surface area contributed by atoms with Crippen molar-refractivity contribution in [2.75, 3.05) is 13.2 Å². The Labute approximate surface area is 48.0 Å². The van der Waals surface area contributed by atoms with Gasteiger partial charge in [0.2, 0.25) is 0 Å². The van der Waals surface area contributed by atoms with Crippen LogP contribution in [0.2, 0.25) is 0 Å². The maximum atomic E-state index is 11.5. The Morgan fingerprint density at radius 1 is 1.88 bits per heavy atom. The van der Waals surface area contributed by atoms with E-state index >= 15 is 0 Å². The van der Waals surface area contributed by atoms with E-state index in [2.05, 4.69) is 11.3 Å². The van der Waals surface area contributed by atoms with E-state index in [1.54, 1.807) is 11.6 Å². The summed E-state index contributed by atoms with van der Waals surface area (Å²) in [7, 11) is 0. The number of halogens is 1. The number of hydrogen-bond donors (Lipinski definition) is 0. The van der Waals surface area contributed by atoms with Crippen LogP contribution < -0.4 is 0 Å². The molecule has 0 saturated heterocycles. The third-order valence-electron chi connectivity index (χ3n) is 0.906. The highest BCUT2D eigenvalue weighted by molar-refractivity contribution is 5.60. The van der Waals surface area contributed by atoms with Crippen LogP contribution in [0.25, 0.3) is 0 Å². The molecule has 1 aliphatic heterocycles. The molecular weight excluding hydrogens is 107 g/mol. The molecule has 0 bridgehead atoms. The molecule has 0 aromatic heterocycles. The number of rotatable bonds is 2. The monoisotopic (exact) mass is 114 g/mol. The van der Waals surface area contributed by atoms with E-state index in [0.29, 0.717) is 6.54 Å². The molecule has 0 aromatic rings. The third kappa shape index (κ3) is 1.18. The van der Waals surface area contributed by atoms with Crippen LogP contribution in [0.4, 0.5) is 4.39 Å². The van der Waals surface area contributed by atoms with Crippen molar-refractivity contribution in [1.29, 1.82) is 0 Å². The SMILES string of the molecule is FCCN1[CH]C[C]=N1. The highest BCUT2D eigenvalue weighted by Crippen LogP contribution is 2.02. The predicted molar refractivity (Wildman–Crippen MR) is 29.0 cm³/mol. The standard InChI is InChI=1S/C5H7FN2/c6-2-5-8-4-1-3-7-8/h4H,1-2,5H2. The lowest BCUT2D eigenvalue weighted by Gasteiger charge is -2.07. The molecule has 3 heteroatoms. The summed E-state index contributed by atoms with van der Waals surface area (Å²) in [6.07, 6.45) is 3.41. The van der Waals surface area contributed by atoms with Gasteiger partial charge in [-0.25, -0.2) is 4.39 Å². The van der Waals surface area contributed by atoms with Crippen molar-refractivity contribution in [3.8, 4) is 0 Å². The summed E-state index contributed by atoms with van der Waals surface area (Å²) in [6.45, 7) is 1.83. The normalized spacial score (nSPS) is 17.9. The minimum absolute atomic E-state index is 0.346. The first kappa shape index (κ1) is 5.54. The van der Waals surface area contributed by atoms with Gasteiger partial charge >= 0.3 is 0 Å². The van der Waals surface area contributed by atoms with Gasteiger partial charge in [0.1, 0.15) is 6.67 Å². The van der Waals surface area contributed by atoms with Crippen LogP contribution in [0.1, 0.15) is 6.42 Å². The van der Waals surface area contributed by atoms with Gasteiger partial charge in [0.25, 0.3) is 0 Å². The Morgan fingerprint density at radius 2 is 2.75 bits per heavy atom. The highest BCUT2D eigenvalue weighted by atomic mass is 19.1. The second-order valence-corrected chi connectivity index (χ2v) is 1.50. The summed E-state index contributed by atoms with van der Waals surface area (Å²) in [5.41, 5.74) is 0. The molecule has 0 spiro atoms. The molecule has 1 aliphatic rings. The van der Waals surface area contributed by atoms with E-state index in [1.165, 1.54) is 0 Å².